The quantitative estimate of drug-likeness (QED) is 0.395. The lowest BCUT2D eigenvalue weighted by Crippen LogP contribution is -2.22. The predicted octanol–water partition coefficient (Wildman–Crippen LogP) is 5.12. The minimum absolute atomic E-state index is 0.0142. The second kappa shape index (κ2) is 9.64. The Balaban J connectivity index is 1.55. The van der Waals surface area contributed by atoms with Gasteiger partial charge in [-0.25, -0.2) is 8.42 Å². The lowest BCUT2D eigenvalue weighted by Gasteiger charge is -2.31. The molecule has 4 rings (SSSR count). The molecule has 0 spiro atoms. The Hall–Kier alpha value is -3.49. The smallest absolute Gasteiger partial charge is 0.261 e. The largest absolute Gasteiger partial charge is 0.388 e. The first-order valence-corrected chi connectivity index (χ1v) is 12.9. The number of rotatable bonds is 7. The predicted molar refractivity (Wildman–Crippen MR) is 135 cm³/mol. The summed E-state index contributed by atoms with van der Waals surface area (Å²) >= 11 is 0. The number of aliphatic hydroxyl groups excluding tert-OH is 1. The summed E-state index contributed by atoms with van der Waals surface area (Å²) in [5, 5.41) is 14.2. The highest BCUT2D eigenvalue weighted by molar-refractivity contribution is 7.92. The highest BCUT2D eigenvalue weighted by Gasteiger charge is 2.28. The molecule has 0 fully saturated rings. The van der Waals surface area contributed by atoms with Crippen LogP contribution >= 0.6 is 0 Å². The van der Waals surface area contributed by atoms with Gasteiger partial charge in [0.05, 0.1) is 17.0 Å². The molecule has 3 N–H and O–H groups in total. The minimum atomic E-state index is -3.93. The monoisotopic (exact) mass is 492 g/mol. The van der Waals surface area contributed by atoms with Crippen LogP contribution in [0, 0.1) is 5.92 Å². The molecule has 7 nitrogen and oxygen atoms in total. The standard InChI is InChI=1S/C27H28N2O5S/c1-16(2)27(32)19-9-7-18(8-10-19)25-15-26(31)23-14-22(11-12-24(23)28-25)35(33,34)29-21-6-4-5-20(13-21)17(3)30/h4-14,16,25-26,28-29,31H,15H2,1-3H3/t25?,26-/m0/s1. The molecule has 0 bridgehead atoms. The Morgan fingerprint density at radius 2 is 1.71 bits per heavy atom. The molecule has 1 heterocycles. The van der Waals surface area contributed by atoms with E-state index in [0.717, 1.165) is 5.56 Å². The topological polar surface area (TPSA) is 113 Å². The van der Waals surface area contributed by atoms with Gasteiger partial charge in [0.2, 0.25) is 0 Å². The maximum atomic E-state index is 13.0. The number of hydrogen-bond acceptors (Lipinski definition) is 6. The fourth-order valence-corrected chi connectivity index (χ4v) is 5.24. The number of carbonyl (C=O) groups is 2. The van der Waals surface area contributed by atoms with Crippen molar-refractivity contribution in [2.45, 2.75) is 44.2 Å². The Morgan fingerprint density at radius 3 is 2.37 bits per heavy atom. The highest BCUT2D eigenvalue weighted by atomic mass is 32.2. The molecule has 0 aromatic heterocycles. The van der Waals surface area contributed by atoms with Gasteiger partial charge in [-0.15, -0.1) is 0 Å². The second-order valence-electron chi connectivity index (χ2n) is 9.08. The van der Waals surface area contributed by atoms with E-state index in [2.05, 4.69) is 10.0 Å². The first-order chi connectivity index (χ1) is 16.5. The van der Waals surface area contributed by atoms with E-state index in [1.165, 1.54) is 25.1 Å². The number of Topliss-reactive ketones (excluding diaryl/α,β-unsaturated/α-hetero) is 2. The van der Waals surface area contributed by atoms with E-state index < -0.39 is 16.1 Å². The number of nitrogens with one attached hydrogen (secondary N) is 2. The summed E-state index contributed by atoms with van der Waals surface area (Å²) in [4.78, 5) is 23.8. The van der Waals surface area contributed by atoms with Crippen LogP contribution in [0.3, 0.4) is 0 Å². The lowest BCUT2D eigenvalue weighted by atomic mass is 9.90. The SMILES string of the molecule is CC(=O)c1cccc(NS(=O)(=O)c2ccc3c(c2)[C@@H](O)CC(c2ccc(C(=O)C(C)C)cc2)N3)c1. The van der Waals surface area contributed by atoms with Gasteiger partial charge in [-0.3, -0.25) is 14.3 Å². The van der Waals surface area contributed by atoms with Gasteiger partial charge in [0.1, 0.15) is 0 Å². The van der Waals surface area contributed by atoms with E-state index >= 15 is 0 Å². The number of sulfonamides is 1. The van der Waals surface area contributed by atoms with Crippen LogP contribution in [0.25, 0.3) is 0 Å². The minimum Gasteiger partial charge on any atom is -0.388 e. The Morgan fingerprint density at radius 1 is 1.00 bits per heavy atom. The van der Waals surface area contributed by atoms with Crippen LogP contribution in [0.1, 0.15) is 71.2 Å². The van der Waals surface area contributed by atoms with Gasteiger partial charge in [0, 0.05) is 40.4 Å². The van der Waals surface area contributed by atoms with Crippen LogP contribution < -0.4 is 10.0 Å². The van der Waals surface area contributed by atoms with Crippen LogP contribution in [-0.4, -0.2) is 25.1 Å². The molecular weight excluding hydrogens is 464 g/mol. The van der Waals surface area contributed by atoms with Crippen molar-refractivity contribution in [3.05, 3.63) is 89.0 Å². The van der Waals surface area contributed by atoms with Gasteiger partial charge in [-0.1, -0.05) is 50.2 Å². The molecule has 35 heavy (non-hydrogen) atoms. The first-order valence-electron chi connectivity index (χ1n) is 11.4. The molecular formula is C27H28N2O5S. The van der Waals surface area contributed by atoms with Crippen LogP contribution in [0.2, 0.25) is 0 Å². The Bertz CT molecular complexity index is 1380. The number of fused-ring (bicyclic) bond motifs is 1. The van der Waals surface area contributed by atoms with E-state index in [1.807, 2.05) is 26.0 Å². The summed E-state index contributed by atoms with van der Waals surface area (Å²) in [5.74, 6) is -0.168. The molecule has 3 aromatic rings. The summed E-state index contributed by atoms with van der Waals surface area (Å²) in [6, 6.07) is 18.0. The molecule has 2 atom stereocenters. The van der Waals surface area contributed by atoms with Crippen LogP contribution in [0.15, 0.2) is 71.6 Å². The van der Waals surface area contributed by atoms with E-state index in [-0.39, 0.29) is 34.1 Å². The molecule has 1 aliphatic rings. The third kappa shape index (κ3) is 5.28. The van der Waals surface area contributed by atoms with E-state index in [0.29, 0.717) is 28.8 Å². The zero-order valence-corrected chi connectivity index (χ0v) is 20.6. The van der Waals surface area contributed by atoms with Crippen molar-refractivity contribution in [2.75, 3.05) is 10.0 Å². The average Bonchev–Trinajstić information content (AvgIpc) is 2.83. The van der Waals surface area contributed by atoms with Crippen LogP contribution in [0.4, 0.5) is 11.4 Å². The first kappa shape index (κ1) is 24.6. The maximum absolute atomic E-state index is 13.0. The molecule has 1 unspecified atom stereocenters. The van der Waals surface area contributed by atoms with Gasteiger partial charge in [0.15, 0.2) is 11.6 Å². The number of ketones is 2. The van der Waals surface area contributed by atoms with Gasteiger partial charge >= 0.3 is 0 Å². The Labute approximate surface area is 205 Å². The van der Waals surface area contributed by atoms with Gasteiger partial charge in [-0.05, 0) is 42.8 Å². The zero-order chi connectivity index (χ0) is 25.3. The zero-order valence-electron chi connectivity index (χ0n) is 19.8. The van der Waals surface area contributed by atoms with E-state index in [4.69, 9.17) is 0 Å². The van der Waals surface area contributed by atoms with Crippen molar-refractivity contribution in [2.24, 2.45) is 5.92 Å². The molecule has 3 aromatic carbocycles. The Kier molecular flexibility index (Phi) is 6.78. The van der Waals surface area contributed by atoms with Gasteiger partial charge in [-0.2, -0.15) is 0 Å². The van der Waals surface area contributed by atoms with Crippen LogP contribution in [0.5, 0.6) is 0 Å². The molecule has 0 amide bonds. The second-order valence-corrected chi connectivity index (χ2v) is 10.8. The fraction of sp³-hybridized carbons (Fsp3) is 0.259. The van der Waals surface area contributed by atoms with Crippen molar-refractivity contribution >= 4 is 33.0 Å². The van der Waals surface area contributed by atoms with E-state index in [9.17, 15) is 23.1 Å². The number of aliphatic hydroxyl groups is 1. The summed E-state index contributed by atoms with van der Waals surface area (Å²) < 4.78 is 28.4. The third-order valence-corrected chi connectivity index (χ3v) is 7.50. The van der Waals surface area contributed by atoms with Gasteiger partial charge in [0.25, 0.3) is 10.0 Å². The van der Waals surface area contributed by atoms with Crippen molar-refractivity contribution in [1.29, 1.82) is 0 Å². The molecule has 0 radical (unpaired) electrons. The maximum Gasteiger partial charge on any atom is 0.261 e. The van der Waals surface area contributed by atoms with Crippen molar-refractivity contribution in [1.82, 2.24) is 0 Å². The number of carbonyl (C=O) groups excluding carboxylic acids is 2. The molecule has 0 aliphatic carbocycles. The normalized spacial score (nSPS) is 17.4. The highest BCUT2D eigenvalue weighted by Crippen LogP contribution is 2.40. The van der Waals surface area contributed by atoms with Crippen molar-refractivity contribution in [3.8, 4) is 0 Å². The fourth-order valence-electron chi connectivity index (χ4n) is 4.16. The van der Waals surface area contributed by atoms with Crippen molar-refractivity contribution in [3.63, 3.8) is 0 Å². The van der Waals surface area contributed by atoms with E-state index in [1.54, 1.807) is 36.4 Å². The number of benzene rings is 3. The summed E-state index contributed by atoms with van der Waals surface area (Å²) in [6.07, 6.45) is -0.522. The number of anilines is 2. The molecule has 0 saturated heterocycles. The van der Waals surface area contributed by atoms with Crippen LogP contribution in [-0.2, 0) is 10.0 Å². The third-order valence-electron chi connectivity index (χ3n) is 6.12. The summed E-state index contributed by atoms with van der Waals surface area (Å²) in [7, 11) is -3.93. The lowest BCUT2D eigenvalue weighted by molar-refractivity contribution is 0.0938. The summed E-state index contributed by atoms with van der Waals surface area (Å²) in [6.45, 7) is 5.14. The molecule has 1 aliphatic heterocycles. The van der Waals surface area contributed by atoms with Crippen molar-refractivity contribution < 1.29 is 23.1 Å². The molecule has 0 saturated carbocycles. The molecule has 182 valence electrons. The van der Waals surface area contributed by atoms with Gasteiger partial charge < -0.3 is 10.4 Å². The average molecular weight is 493 g/mol. The number of hydrogen-bond donors (Lipinski definition) is 3. The molecule has 8 heteroatoms. The summed E-state index contributed by atoms with van der Waals surface area (Å²) in [5.41, 5.74) is 3.41.